The van der Waals surface area contributed by atoms with Gasteiger partial charge in [-0.1, -0.05) is 138 Å². The Bertz CT molecular complexity index is 1520. The van der Waals surface area contributed by atoms with E-state index in [0.717, 1.165) is 0 Å². The van der Waals surface area contributed by atoms with Gasteiger partial charge in [0.2, 0.25) is 40.4 Å². The minimum absolute atomic E-state index is 0.321. The van der Waals surface area contributed by atoms with E-state index in [2.05, 4.69) is 253 Å². The van der Waals surface area contributed by atoms with E-state index in [0.29, 0.717) is 55.4 Å². The topological polar surface area (TPSA) is 0 Å². The first-order valence-electron chi connectivity index (χ1n) is 20.7. The highest BCUT2D eigenvalue weighted by Crippen LogP contribution is 2.35. The van der Waals surface area contributed by atoms with E-state index in [-0.39, 0.29) is 0 Å². The average Bonchev–Trinajstić information content (AvgIpc) is 3.07. The van der Waals surface area contributed by atoms with Crippen molar-refractivity contribution in [2.75, 3.05) is 0 Å². The van der Waals surface area contributed by atoms with Crippen LogP contribution in [0.2, 0.25) is 55.4 Å². The lowest BCUT2D eigenvalue weighted by atomic mass is 10.5. The fourth-order valence-electron chi connectivity index (χ4n) is 7.72. The molecule has 0 aromatic heterocycles. The SMILES string of the molecule is CC(C)[Si]1(C(C)C)C#CC#C[Si](C(C)C)(C(C)C)C#CC#C[Si](C(C)C)(C(C)C)C#CC#C[Si](C(C)C)(C(C)C)C#CC#C[Si](C(C)C)(C(C)C)C#CC#C1. The summed E-state index contributed by atoms with van der Waals surface area (Å²) in [7, 11) is -12.2. The summed E-state index contributed by atoms with van der Waals surface area (Å²) < 4.78 is 0. The van der Waals surface area contributed by atoms with Crippen LogP contribution in [0.1, 0.15) is 138 Å². The third-order valence-electron chi connectivity index (χ3n) is 12.1. The molecule has 0 aromatic carbocycles. The zero-order valence-electron chi connectivity index (χ0n) is 38.3. The lowest BCUT2D eigenvalue weighted by Gasteiger charge is -2.28. The maximum atomic E-state index is 3.70. The van der Waals surface area contributed by atoms with Crippen LogP contribution in [0.25, 0.3) is 0 Å². The van der Waals surface area contributed by atoms with E-state index in [1.807, 2.05) is 0 Å². The predicted octanol–water partition coefficient (Wildman–Crippen LogP) is 11.8. The summed E-state index contributed by atoms with van der Waals surface area (Å²) in [4.78, 5) is 0. The first-order chi connectivity index (χ1) is 25.5. The molecule has 1 rings (SSSR count). The lowest BCUT2D eigenvalue weighted by molar-refractivity contribution is 0.933. The average molecular weight is 812 g/mol. The van der Waals surface area contributed by atoms with Gasteiger partial charge in [-0.05, 0) is 115 Å². The van der Waals surface area contributed by atoms with Crippen LogP contribution < -0.4 is 0 Å². The fourth-order valence-corrected chi connectivity index (χ4v) is 23.2. The smallest absolute Gasteiger partial charge is 0.101 e. The normalized spacial score (nSPS) is 17.6. The van der Waals surface area contributed by atoms with Crippen LogP contribution in [0.4, 0.5) is 0 Å². The van der Waals surface area contributed by atoms with Gasteiger partial charge in [0.25, 0.3) is 0 Å². The molecule has 0 atom stereocenters. The van der Waals surface area contributed by atoms with E-state index in [4.69, 9.17) is 0 Å². The Hall–Kier alpha value is -3.32. The van der Waals surface area contributed by atoms with Crippen LogP contribution in [0.15, 0.2) is 0 Å². The van der Waals surface area contributed by atoms with Crippen molar-refractivity contribution in [1.82, 2.24) is 0 Å². The van der Waals surface area contributed by atoms with E-state index >= 15 is 0 Å². The molecule has 0 amide bonds. The molecule has 0 nitrogen and oxygen atoms in total. The van der Waals surface area contributed by atoms with Gasteiger partial charge in [0.15, 0.2) is 0 Å². The molecule has 0 bridgehead atoms. The molecule has 0 radical (unpaired) electrons. The fraction of sp³-hybridized carbons (Fsp3) is 0.600. The van der Waals surface area contributed by atoms with Gasteiger partial charge in [0.05, 0.1) is 0 Å². The predicted molar refractivity (Wildman–Crippen MR) is 258 cm³/mol. The molecule has 0 saturated heterocycles. The standard InChI is InChI=1S/C50H70Si5/c1-41(2)51(42(3)4)31-21-23-33-52(43(5)6,44(7)8)35-25-27-37-54(47(13)14,48(15)16)39-29-30-40-55(49(17)18,50(19)20)38-28-26-36-53(45(9)10,46(11)12)34-24-22-32-51/h41-50H,1-20H3. The molecule has 1 aliphatic heterocycles. The Labute approximate surface area is 347 Å². The Morgan fingerprint density at radius 3 is 0.291 bits per heavy atom. The summed E-state index contributed by atoms with van der Waals surface area (Å²) in [6, 6.07) is 0. The third-order valence-corrected chi connectivity index (χ3v) is 35.7. The Morgan fingerprint density at radius 2 is 0.236 bits per heavy atom. The summed E-state index contributed by atoms with van der Waals surface area (Å²) in [6.07, 6.45) is 0. The van der Waals surface area contributed by atoms with Crippen molar-refractivity contribution in [3.63, 3.8) is 0 Å². The van der Waals surface area contributed by atoms with Gasteiger partial charge in [-0.3, -0.25) is 0 Å². The largest absolute Gasteiger partial charge is 0.224 e. The molecule has 0 saturated carbocycles. The highest BCUT2D eigenvalue weighted by Gasteiger charge is 2.42. The summed E-state index contributed by atoms with van der Waals surface area (Å²) in [5, 5.41) is 0. The van der Waals surface area contributed by atoms with Crippen LogP contribution in [-0.4, -0.2) is 40.4 Å². The molecular weight excluding hydrogens is 741 g/mol. The molecule has 0 spiro atoms. The minimum atomic E-state index is -2.43. The van der Waals surface area contributed by atoms with Gasteiger partial charge in [-0.25, -0.2) is 0 Å². The Morgan fingerprint density at radius 1 is 0.164 bits per heavy atom. The Balaban J connectivity index is 4.62. The Kier molecular flexibility index (Phi) is 19.2. The van der Waals surface area contributed by atoms with E-state index in [1.54, 1.807) is 0 Å². The van der Waals surface area contributed by atoms with E-state index in [9.17, 15) is 0 Å². The maximum Gasteiger partial charge on any atom is 0.224 e. The van der Waals surface area contributed by atoms with Crippen LogP contribution in [0.5, 0.6) is 0 Å². The van der Waals surface area contributed by atoms with Crippen molar-refractivity contribution in [3.05, 3.63) is 0 Å². The van der Waals surface area contributed by atoms with E-state index in [1.165, 1.54) is 0 Å². The summed E-state index contributed by atoms with van der Waals surface area (Å²) >= 11 is 0. The highest BCUT2D eigenvalue weighted by molar-refractivity contribution is 6.99. The monoisotopic (exact) mass is 810 g/mol. The van der Waals surface area contributed by atoms with Crippen molar-refractivity contribution >= 4 is 40.4 Å². The molecular formula is C50H70Si5. The molecule has 0 N–H and O–H groups in total. The highest BCUT2D eigenvalue weighted by atomic mass is 28.3. The van der Waals surface area contributed by atoms with E-state index < -0.39 is 40.4 Å². The van der Waals surface area contributed by atoms with Crippen molar-refractivity contribution < 1.29 is 0 Å². The van der Waals surface area contributed by atoms with Crippen LogP contribution in [-0.2, 0) is 0 Å². The molecule has 55 heavy (non-hydrogen) atoms. The minimum Gasteiger partial charge on any atom is -0.101 e. The molecule has 0 fully saturated rings. The van der Waals surface area contributed by atoms with Gasteiger partial charge >= 0.3 is 0 Å². The zero-order chi connectivity index (χ0) is 42.4. The number of rotatable bonds is 10. The lowest BCUT2D eigenvalue weighted by Crippen LogP contribution is -2.40. The molecule has 1 aliphatic rings. The van der Waals surface area contributed by atoms with Crippen LogP contribution >= 0.6 is 0 Å². The maximum absolute atomic E-state index is 3.70. The molecule has 1 heterocycles. The van der Waals surface area contributed by atoms with Gasteiger partial charge in [0.1, 0.15) is 0 Å². The summed E-state index contributed by atoms with van der Waals surface area (Å²) in [5.74, 6) is 33.6. The number of hydrogen-bond donors (Lipinski definition) is 0. The van der Waals surface area contributed by atoms with Crippen molar-refractivity contribution in [1.29, 1.82) is 0 Å². The van der Waals surface area contributed by atoms with Crippen molar-refractivity contribution in [3.8, 4) is 115 Å². The zero-order valence-corrected chi connectivity index (χ0v) is 43.3. The summed E-state index contributed by atoms with van der Waals surface area (Å²) in [6.45, 7) is 45.2. The van der Waals surface area contributed by atoms with Gasteiger partial charge in [0, 0.05) is 0 Å². The molecule has 0 aliphatic carbocycles. The second kappa shape index (κ2) is 21.3. The first-order valence-corrected chi connectivity index (χ1v) is 31.5. The molecule has 290 valence electrons. The van der Waals surface area contributed by atoms with Gasteiger partial charge in [-0.15, -0.1) is 55.4 Å². The van der Waals surface area contributed by atoms with Gasteiger partial charge < -0.3 is 0 Å². The second-order valence-corrected chi connectivity index (χ2v) is 41.1. The number of hydrogen-bond acceptors (Lipinski definition) is 0. The third kappa shape index (κ3) is 11.6. The molecule has 0 unspecified atom stereocenters. The van der Waals surface area contributed by atoms with Crippen LogP contribution in [0, 0.1) is 115 Å². The first kappa shape index (κ1) is 49.7. The van der Waals surface area contributed by atoms with Crippen molar-refractivity contribution in [2.45, 2.75) is 194 Å². The summed E-state index contributed by atoms with van der Waals surface area (Å²) in [5.41, 5.74) is 40.2. The van der Waals surface area contributed by atoms with Crippen LogP contribution in [0.3, 0.4) is 0 Å². The molecule has 5 heteroatoms. The van der Waals surface area contributed by atoms with Gasteiger partial charge in [-0.2, -0.15) is 0 Å². The van der Waals surface area contributed by atoms with Crippen molar-refractivity contribution in [2.24, 2.45) is 0 Å². The molecule has 0 aromatic rings. The second-order valence-electron chi connectivity index (χ2n) is 18.4. The quantitative estimate of drug-likeness (QED) is 0.152.